The monoisotopic (exact) mass is 367 g/mol. The molecule has 2 rings (SSSR count). The number of hydrogen-bond donors (Lipinski definition) is 0. The molecule has 1 aliphatic carbocycles. The predicted octanol–water partition coefficient (Wildman–Crippen LogP) is 6.34. The van der Waals surface area contributed by atoms with Gasteiger partial charge in [-0.25, -0.2) is 0 Å². The summed E-state index contributed by atoms with van der Waals surface area (Å²) in [7, 11) is 0. The van der Waals surface area contributed by atoms with Gasteiger partial charge in [-0.05, 0) is 60.0 Å². The van der Waals surface area contributed by atoms with Crippen LogP contribution in [0.3, 0.4) is 0 Å². The lowest BCUT2D eigenvalue weighted by atomic mass is 9.99. The van der Waals surface area contributed by atoms with Crippen molar-refractivity contribution in [3.05, 3.63) is 52.0 Å². The molecule has 1 aromatic rings. The largest absolute Gasteiger partial charge is 0.364 e. The van der Waals surface area contributed by atoms with Crippen molar-refractivity contribution in [3.8, 4) is 0 Å². The van der Waals surface area contributed by atoms with E-state index >= 15 is 0 Å². The molecule has 1 aromatic carbocycles. The van der Waals surface area contributed by atoms with Crippen molar-refractivity contribution in [3.63, 3.8) is 0 Å². The molecule has 1 nitrogen and oxygen atoms in total. The highest BCUT2D eigenvalue weighted by Crippen LogP contribution is 2.29. The predicted molar refractivity (Wildman–Crippen MR) is 97.5 cm³/mol. The molecular formula is C18H23BrClN. The summed E-state index contributed by atoms with van der Waals surface area (Å²) < 4.78 is 1.41. The zero-order valence-electron chi connectivity index (χ0n) is 12.5. The zero-order chi connectivity index (χ0) is 15.1. The molecule has 0 atom stereocenters. The number of rotatable bonds is 5. The SMILES string of the molecule is C=CCN(C/C1=C(\Br)CCCCCC1)c1ccc(Cl)cc1. The summed E-state index contributed by atoms with van der Waals surface area (Å²) in [5.74, 6) is 0. The second-order valence-electron chi connectivity index (χ2n) is 5.57. The first-order valence-electron chi connectivity index (χ1n) is 7.68. The molecule has 0 amide bonds. The van der Waals surface area contributed by atoms with Crippen molar-refractivity contribution in [1.82, 2.24) is 0 Å². The highest BCUT2D eigenvalue weighted by Gasteiger charge is 2.13. The summed E-state index contributed by atoms with van der Waals surface area (Å²) in [5, 5.41) is 0.781. The van der Waals surface area contributed by atoms with Crippen molar-refractivity contribution in [2.45, 2.75) is 38.5 Å². The van der Waals surface area contributed by atoms with E-state index in [0.717, 1.165) is 18.1 Å². The minimum absolute atomic E-state index is 0.781. The van der Waals surface area contributed by atoms with Crippen molar-refractivity contribution in [2.24, 2.45) is 0 Å². The van der Waals surface area contributed by atoms with Gasteiger partial charge in [0, 0.05) is 23.8 Å². The lowest BCUT2D eigenvalue weighted by Gasteiger charge is -2.26. The highest BCUT2D eigenvalue weighted by atomic mass is 79.9. The highest BCUT2D eigenvalue weighted by molar-refractivity contribution is 9.11. The van der Waals surface area contributed by atoms with E-state index in [2.05, 4.69) is 39.5 Å². The van der Waals surface area contributed by atoms with Crippen LogP contribution in [0.5, 0.6) is 0 Å². The van der Waals surface area contributed by atoms with E-state index < -0.39 is 0 Å². The van der Waals surface area contributed by atoms with E-state index in [1.165, 1.54) is 54.3 Å². The third-order valence-electron chi connectivity index (χ3n) is 3.93. The number of hydrogen-bond acceptors (Lipinski definition) is 1. The van der Waals surface area contributed by atoms with Crippen LogP contribution in [-0.4, -0.2) is 13.1 Å². The van der Waals surface area contributed by atoms with Gasteiger partial charge in [0.2, 0.25) is 0 Å². The molecule has 1 aliphatic rings. The summed E-state index contributed by atoms with van der Waals surface area (Å²) >= 11 is 9.80. The molecule has 0 aliphatic heterocycles. The third kappa shape index (κ3) is 5.19. The molecule has 0 unspecified atom stereocenters. The van der Waals surface area contributed by atoms with Crippen LogP contribution >= 0.6 is 27.5 Å². The van der Waals surface area contributed by atoms with Crippen molar-refractivity contribution in [1.29, 1.82) is 0 Å². The first-order chi connectivity index (χ1) is 10.2. The molecule has 3 heteroatoms. The van der Waals surface area contributed by atoms with E-state index in [-0.39, 0.29) is 0 Å². The Labute approximate surface area is 141 Å². The number of anilines is 1. The van der Waals surface area contributed by atoms with Gasteiger partial charge in [-0.1, -0.05) is 46.4 Å². The summed E-state index contributed by atoms with van der Waals surface area (Å²) in [6, 6.07) is 8.08. The van der Waals surface area contributed by atoms with Crippen LogP contribution in [0.1, 0.15) is 38.5 Å². The van der Waals surface area contributed by atoms with Gasteiger partial charge in [0.05, 0.1) is 0 Å². The fourth-order valence-electron chi connectivity index (χ4n) is 2.75. The van der Waals surface area contributed by atoms with Gasteiger partial charge < -0.3 is 4.90 Å². The van der Waals surface area contributed by atoms with Gasteiger partial charge in [0.1, 0.15) is 0 Å². The summed E-state index contributed by atoms with van der Waals surface area (Å²) in [6.07, 6.45) is 9.65. The fourth-order valence-corrected chi connectivity index (χ4v) is 3.48. The van der Waals surface area contributed by atoms with E-state index in [1.54, 1.807) is 0 Å². The van der Waals surface area contributed by atoms with Gasteiger partial charge in [-0.3, -0.25) is 0 Å². The Bertz CT molecular complexity index is 492. The third-order valence-corrected chi connectivity index (χ3v) is 5.14. The molecule has 0 fully saturated rings. The zero-order valence-corrected chi connectivity index (χ0v) is 14.8. The van der Waals surface area contributed by atoms with Gasteiger partial charge in [0.25, 0.3) is 0 Å². The number of nitrogens with zero attached hydrogens (tertiary/aromatic N) is 1. The second kappa shape index (κ2) is 8.65. The van der Waals surface area contributed by atoms with E-state index in [0.29, 0.717) is 0 Å². The number of allylic oxidation sites excluding steroid dienone is 1. The second-order valence-corrected chi connectivity index (χ2v) is 6.96. The first-order valence-corrected chi connectivity index (χ1v) is 8.85. The molecule has 0 N–H and O–H groups in total. The number of halogens is 2. The van der Waals surface area contributed by atoms with Gasteiger partial charge >= 0.3 is 0 Å². The molecule has 0 saturated carbocycles. The molecule has 0 bridgehead atoms. The van der Waals surface area contributed by atoms with Crippen molar-refractivity contribution >= 4 is 33.2 Å². The molecule has 0 radical (unpaired) electrons. The molecule has 21 heavy (non-hydrogen) atoms. The Hall–Kier alpha value is -0.730. The normalized spacial score (nSPS) is 19.7. The smallest absolute Gasteiger partial charge is 0.0407 e. The Morgan fingerprint density at radius 3 is 2.43 bits per heavy atom. The maximum atomic E-state index is 5.99. The van der Waals surface area contributed by atoms with E-state index in [1.807, 2.05) is 18.2 Å². The molecular weight excluding hydrogens is 346 g/mol. The Morgan fingerprint density at radius 1 is 1.10 bits per heavy atom. The van der Waals surface area contributed by atoms with Crippen LogP contribution in [0.25, 0.3) is 0 Å². The maximum Gasteiger partial charge on any atom is 0.0407 e. The minimum Gasteiger partial charge on any atom is -0.364 e. The summed E-state index contributed by atoms with van der Waals surface area (Å²) in [5.41, 5.74) is 2.74. The molecule has 114 valence electrons. The van der Waals surface area contributed by atoms with Crippen LogP contribution in [-0.2, 0) is 0 Å². The van der Waals surface area contributed by atoms with Crippen molar-refractivity contribution < 1.29 is 0 Å². The Morgan fingerprint density at radius 2 is 1.76 bits per heavy atom. The first kappa shape index (κ1) is 16.6. The van der Waals surface area contributed by atoms with Crippen LogP contribution in [0, 0.1) is 0 Å². The summed E-state index contributed by atoms with van der Waals surface area (Å²) in [4.78, 5) is 2.36. The van der Waals surface area contributed by atoms with Crippen LogP contribution in [0.2, 0.25) is 5.02 Å². The topological polar surface area (TPSA) is 3.24 Å². The van der Waals surface area contributed by atoms with E-state index in [9.17, 15) is 0 Å². The Kier molecular flexibility index (Phi) is 6.85. The number of benzene rings is 1. The summed E-state index contributed by atoms with van der Waals surface area (Å²) in [6.45, 7) is 5.71. The van der Waals surface area contributed by atoms with Gasteiger partial charge in [0.15, 0.2) is 0 Å². The lowest BCUT2D eigenvalue weighted by molar-refractivity contribution is 0.615. The van der Waals surface area contributed by atoms with Gasteiger partial charge in [-0.15, -0.1) is 6.58 Å². The molecule has 0 spiro atoms. The van der Waals surface area contributed by atoms with Gasteiger partial charge in [-0.2, -0.15) is 0 Å². The fraction of sp³-hybridized carbons (Fsp3) is 0.444. The minimum atomic E-state index is 0.781. The molecule has 0 saturated heterocycles. The quantitative estimate of drug-likeness (QED) is 0.548. The molecule has 0 aromatic heterocycles. The maximum absolute atomic E-state index is 5.99. The average Bonchev–Trinajstić information content (AvgIpc) is 2.47. The standard InChI is InChI=1S/C18H23BrClN/c1-2-13-21(17-11-9-16(20)10-12-17)14-15-7-5-3-4-6-8-18(15)19/h2,9-12H,1,3-8,13-14H2/b18-15-. The average molecular weight is 369 g/mol. The van der Waals surface area contributed by atoms with Crippen LogP contribution < -0.4 is 4.90 Å². The van der Waals surface area contributed by atoms with E-state index in [4.69, 9.17) is 11.6 Å². The molecule has 0 heterocycles. The van der Waals surface area contributed by atoms with Crippen molar-refractivity contribution in [2.75, 3.05) is 18.0 Å². The van der Waals surface area contributed by atoms with Crippen LogP contribution in [0.4, 0.5) is 5.69 Å². The Balaban J connectivity index is 2.16. The lowest BCUT2D eigenvalue weighted by Crippen LogP contribution is -2.26. The van der Waals surface area contributed by atoms with Crippen LogP contribution in [0.15, 0.2) is 47.0 Å².